The van der Waals surface area contributed by atoms with Gasteiger partial charge in [0.1, 0.15) is 0 Å². The summed E-state index contributed by atoms with van der Waals surface area (Å²) in [5, 5.41) is 0. The van der Waals surface area contributed by atoms with Crippen LogP contribution in [0.25, 0.3) is 0 Å². The molecule has 0 heterocycles. The largest absolute Gasteiger partial charge is 0.300 e. The zero-order valence-corrected chi connectivity index (χ0v) is 17.0. The molecule has 0 amide bonds. The molecule has 134 valence electrons. The van der Waals surface area contributed by atoms with Crippen LogP contribution in [0.5, 0.6) is 0 Å². The van der Waals surface area contributed by atoms with Crippen LogP contribution in [0.4, 0.5) is 0 Å². The Morgan fingerprint density at radius 2 is 1.55 bits per heavy atom. The van der Waals surface area contributed by atoms with E-state index in [4.69, 9.17) is 0 Å². The molecule has 0 saturated carbocycles. The van der Waals surface area contributed by atoms with Crippen LogP contribution in [0.1, 0.15) is 61.3 Å². The molecule has 22 heavy (non-hydrogen) atoms. The van der Waals surface area contributed by atoms with Crippen molar-refractivity contribution >= 4 is 10.0 Å². The fourth-order valence-corrected chi connectivity index (χ4v) is 3.89. The van der Waals surface area contributed by atoms with E-state index in [0.29, 0.717) is 17.9 Å². The summed E-state index contributed by atoms with van der Waals surface area (Å²) in [5.74, 6) is 1.15. The zero-order valence-electron chi connectivity index (χ0n) is 16.2. The molecule has 4 nitrogen and oxygen atoms in total. The molecule has 0 radical (unpaired) electrons. The van der Waals surface area contributed by atoms with Crippen LogP contribution in [-0.2, 0) is 10.0 Å². The van der Waals surface area contributed by atoms with E-state index in [1.165, 1.54) is 10.6 Å². The van der Waals surface area contributed by atoms with Crippen LogP contribution in [-0.4, -0.2) is 55.6 Å². The Balaban J connectivity index is 4.97. The van der Waals surface area contributed by atoms with Crippen molar-refractivity contribution in [2.75, 3.05) is 26.4 Å². The highest BCUT2D eigenvalue weighted by Gasteiger charge is 2.33. The lowest BCUT2D eigenvalue weighted by molar-refractivity contribution is 0.132. The van der Waals surface area contributed by atoms with Crippen LogP contribution >= 0.6 is 0 Å². The monoisotopic (exact) mass is 334 g/mol. The highest BCUT2D eigenvalue weighted by atomic mass is 32.2. The first-order valence-electron chi connectivity index (χ1n) is 8.49. The summed E-state index contributed by atoms with van der Waals surface area (Å²) in [6, 6.07) is 0.521. The summed E-state index contributed by atoms with van der Waals surface area (Å²) in [6.45, 7) is 17.4. The molecule has 1 atom stereocenters. The molecule has 0 aliphatic heterocycles. The Morgan fingerprint density at radius 1 is 1.05 bits per heavy atom. The summed E-state index contributed by atoms with van der Waals surface area (Å²) < 4.78 is 25.2. The molecule has 0 spiro atoms. The van der Waals surface area contributed by atoms with Gasteiger partial charge in [-0.1, -0.05) is 27.2 Å². The molecular weight excluding hydrogens is 296 g/mol. The van der Waals surface area contributed by atoms with Crippen LogP contribution in [0.2, 0.25) is 0 Å². The van der Waals surface area contributed by atoms with E-state index in [1.807, 2.05) is 13.8 Å². The molecule has 0 aliphatic rings. The predicted octanol–water partition coefficient (Wildman–Crippen LogP) is 3.44. The smallest absolute Gasteiger partial charge is 0.211 e. The molecule has 0 aromatic carbocycles. The molecule has 0 aromatic rings. The Hall–Kier alpha value is -0.130. The molecule has 0 aliphatic carbocycles. The van der Waals surface area contributed by atoms with E-state index >= 15 is 0 Å². The quantitative estimate of drug-likeness (QED) is 0.614. The van der Waals surface area contributed by atoms with Gasteiger partial charge in [-0.2, -0.15) is 4.31 Å². The number of nitrogens with zero attached hydrogens (tertiary/aromatic N) is 2. The molecule has 0 saturated heterocycles. The Bertz CT molecular complexity index is 416. The molecule has 0 fully saturated rings. The van der Waals surface area contributed by atoms with Gasteiger partial charge >= 0.3 is 0 Å². The second-order valence-corrected chi connectivity index (χ2v) is 9.98. The van der Waals surface area contributed by atoms with Gasteiger partial charge in [0.2, 0.25) is 10.0 Å². The summed E-state index contributed by atoms with van der Waals surface area (Å²) in [5.41, 5.74) is -0.352. The third-order valence-corrected chi connectivity index (χ3v) is 6.03. The van der Waals surface area contributed by atoms with Gasteiger partial charge in [0.15, 0.2) is 0 Å². The molecule has 5 heteroatoms. The van der Waals surface area contributed by atoms with Gasteiger partial charge in [0.05, 0.1) is 6.26 Å². The predicted molar refractivity (Wildman–Crippen MR) is 96.6 cm³/mol. The standard InChI is InChI=1S/C17H38N2O2S/c1-10-16(13-19(15(4)5)12-14(2)3)11-17(6,7)18(8)22(9,20)21/h14-16H,10-13H2,1-9H3. The van der Waals surface area contributed by atoms with Crippen molar-refractivity contribution in [1.29, 1.82) is 0 Å². The Labute approximate surface area is 139 Å². The topological polar surface area (TPSA) is 40.6 Å². The van der Waals surface area contributed by atoms with E-state index in [1.54, 1.807) is 7.05 Å². The molecule has 1 unspecified atom stereocenters. The van der Waals surface area contributed by atoms with Crippen molar-refractivity contribution < 1.29 is 8.42 Å². The summed E-state index contributed by atoms with van der Waals surface area (Å²) in [7, 11) is -1.47. The third-order valence-electron chi connectivity index (χ3n) is 4.54. The van der Waals surface area contributed by atoms with Gasteiger partial charge in [-0.05, 0) is 46.0 Å². The zero-order chi connectivity index (χ0) is 17.7. The van der Waals surface area contributed by atoms with Gasteiger partial charge in [0, 0.05) is 31.7 Å². The summed E-state index contributed by atoms with van der Waals surface area (Å²) in [6.07, 6.45) is 3.24. The second-order valence-electron chi connectivity index (χ2n) is 7.96. The van der Waals surface area contributed by atoms with Crippen LogP contribution in [0.3, 0.4) is 0 Å². The van der Waals surface area contributed by atoms with Crippen LogP contribution in [0.15, 0.2) is 0 Å². The van der Waals surface area contributed by atoms with E-state index in [0.717, 1.165) is 25.9 Å². The highest BCUT2D eigenvalue weighted by Crippen LogP contribution is 2.27. The van der Waals surface area contributed by atoms with Crippen molar-refractivity contribution in [3.63, 3.8) is 0 Å². The maximum Gasteiger partial charge on any atom is 0.211 e. The minimum absolute atomic E-state index is 0.352. The van der Waals surface area contributed by atoms with Gasteiger partial charge in [-0.25, -0.2) is 8.42 Å². The molecule has 0 aromatic heterocycles. The van der Waals surface area contributed by atoms with E-state index in [9.17, 15) is 8.42 Å². The van der Waals surface area contributed by atoms with E-state index in [-0.39, 0.29) is 5.54 Å². The Kier molecular flexibility index (Phi) is 8.60. The van der Waals surface area contributed by atoms with Crippen molar-refractivity contribution in [1.82, 2.24) is 9.21 Å². The van der Waals surface area contributed by atoms with Gasteiger partial charge < -0.3 is 4.90 Å². The van der Waals surface area contributed by atoms with Gasteiger partial charge in [-0.3, -0.25) is 0 Å². The fourth-order valence-electron chi connectivity index (χ4n) is 2.92. The first kappa shape index (κ1) is 21.9. The lowest BCUT2D eigenvalue weighted by atomic mass is 9.88. The number of hydrogen-bond acceptors (Lipinski definition) is 3. The second kappa shape index (κ2) is 8.65. The third kappa shape index (κ3) is 7.42. The van der Waals surface area contributed by atoms with Gasteiger partial charge in [0.25, 0.3) is 0 Å². The number of rotatable bonds is 10. The lowest BCUT2D eigenvalue weighted by Gasteiger charge is -2.39. The molecule has 0 bridgehead atoms. The minimum atomic E-state index is -3.16. The first-order valence-corrected chi connectivity index (χ1v) is 10.3. The maximum atomic E-state index is 11.8. The van der Waals surface area contributed by atoms with Gasteiger partial charge in [-0.15, -0.1) is 0 Å². The van der Waals surface area contributed by atoms with E-state index < -0.39 is 10.0 Å². The number of sulfonamides is 1. The Morgan fingerprint density at radius 3 is 1.86 bits per heavy atom. The first-order chi connectivity index (χ1) is 9.81. The maximum absolute atomic E-state index is 11.8. The molecular formula is C17H38N2O2S. The fraction of sp³-hybridized carbons (Fsp3) is 1.00. The van der Waals surface area contributed by atoms with Crippen molar-refractivity contribution in [2.45, 2.75) is 72.9 Å². The average Bonchev–Trinajstić information content (AvgIpc) is 2.33. The molecule has 0 rings (SSSR count). The molecule has 0 N–H and O–H groups in total. The summed E-state index contributed by atoms with van der Waals surface area (Å²) in [4.78, 5) is 2.52. The van der Waals surface area contributed by atoms with Crippen molar-refractivity contribution in [3.05, 3.63) is 0 Å². The van der Waals surface area contributed by atoms with Crippen LogP contribution in [0, 0.1) is 11.8 Å². The number of hydrogen-bond donors (Lipinski definition) is 0. The highest BCUT2D eigenvalue weighted by molar-refractivity contribution is 7.88. The van der Waals surface area contributed by atoms with Crippen molar-refractivity contribution in [3.8, 4) is 0 Å². The lowest BCUT2D eigenvalue weighted by Crippen LogP contribution is -2.47. The van der Waals surface area contributed by atoms with E-state index in [2.05, 4.69) is 39.5 Å². The van der Waals surface area contributed by atoms with Crippen molar-refractivity contribution in [2.24, 2.45) is 11.8 Å². The van der Waals surface area contributed by atoms with Crippen LogP contribution < -0.4 is 0 Å². The normalized spacial score (nSPS) is 15.3. The average molecular weight is 335 g/mol. The SMILES string of the molecule is CCC(CN(CC(C)C)C(C)C)CC(C)(C)N(C)S(C)(=O)=O. The summed E-state index contributed by atoms with van der Waals surface area (Å²) >= 11 is 0. The minimum Gasteiger partial charge on any atom is -0.300 e.